The second kappa shape index (κ2) is 9.22. The fraction of sp³-hybridized carbons (Fsp3) is 0.333. The smallest absolute Gasteiger partial charge is 0.321 e. The first kappa shape index (κ1) is 19.1. The highest BCUT2D eigenvalue weighted by molar-refractivity contribution is 8.88. The van der Waals surface area contributed by atoms with Crippen LogP contribution in [-0.2, 0) is 19.9 Å². The largest absolute Gasteiger partial charge is 0.481 e. The van der Waals surface area contributed by atoms with Gasteiger partial charge in [0.25, 0.3) is 5.70 Å². The summed E-state index contributed by atoms with van der Waals surface area (Å²) >= 11 is 0.972. The SMILES string of the molecule is O=C(O)CCC(NP(=O)(SO)SCc1ccccc1)C(=O)O. The lowest BCUT2D eigenvalue weighted by Gasteiger charge is -2.20. The highest BCUT2D eigenvalue weighted by Crippen LogP contribution is 2.65. The van der Waals surface area contributed by atoms with E-state index in [-0.39, 0.29) is 24.5 Å². The maximum Gasteiger partial charge on any atom is 0.321 e. The van der Waals surface area contributed by atoms with E-state index in [1.165, 1.54) is 0 Å². The molecule has 0 fully saturated rings. The maximum atomic E-state index is 12.5. The predicted molar refractivity (Wildman–Crippen MR) is 87.0 cm³/mol. The Bertz CT molecular complexity index is 556. The second-order valence-corrected chi connectivity index (χ2v) is 11.3. The topological polar surface area (TPSA) is 124 Å². The van der Waals surface area contributed by atoms with Crippen molar-refractivity contribution in [3.63, 3.8) is 0 Å². The Labute approximate surface area is 135 Å². The van der Waals surface area contributed by atoms with E-state index in [1.54, 1.807) is 0 Å². The molecule has 0 spiro atoms. The molecule has 0 aromatic heterocycles. The highest BCUT2D eigenvalue weighted by atomic mass is 33.1. The molecule has 0 saturated heterocycles. The van der Waals surface area contributed by atoms with Gasteiger partial charge in [-0.25, -0.2) is 5.09 Å². The molecule has 0 radical (unpaired) electrons. The van der Waals surface area contributed by atoms with Crippen LogP contribution in [0.15, 0.2) is 30.3 Å². The van der Waals surface area contributed by atoms with E-state index >= 15 is 0 Å². The molecule has 0 aliphatic rings. The summed E-state index contributed by atoms with van der Waals surface area (Å²) in [6.45, 7) is 0. The first-order valence-electron chi connectivity index (χ1n) is 6.20. The molecule has 0 heterocycles. The van der Waals surface area contributed by atoms with Gasteiger partial charge in [0.05, 0.1) is 11.7 Å². The summed E-state index contributed by atoms with van der Waals surface area (Å²) in [6, 6.07) is 7.79. The summed E-state index contributed by atoms with van der Waals surface area (Å²) in [5, 5.41) is 20.0. The lowest BCUT2D eigenvalue weighted by molar-refractivity contribution is -0.140. The third kappa shape index (κ3) is 6.85. The number of carboxylic acids is 2. The summed E-state index contributed by atoms with van der Waals surface area (Å²) in [5.41, 5.74) is -2.59. The Morgan fingerprint density at radius 1 is 1.23 bits per heavy atom. The van der Waals surface area contributed by atoms with Crippen LogP contribution in [0.25, 0.3) is 0 Å². The fourth-order valence-electron chi connectivity index (χ4n) is 1.52. The molecule has 0 aliphatic carbocycles. The number of nitrogens with one attached hydrogen (secondary N) is 1. The Balaban J connectivity index is 2.67. The molecular formula is C12H16NO6PS2. The molecule has 10 heteroatoms. The molecule has 7 nitrogen and oxygen atoms in total. The quantitative estimate of drug-likeness (QED) is 0.365. The second-order valence-electron chi connectivity index (χ2n) is 4.29. The summed E-state index contributed by atoms with van der Waals surface area (Å²) in [5.74, 6) is -2.13. The minimum absolute atomic E-state index is 0.0681. The van der Waals surface area contributed by atoms with Gasteiger partial charge < -0.3 is 14.8 Å². The molecule has 0 aliphatic heterocycles. The zero-order valence-corrected chi connectivity index (χ0v) is 13.9. The molecule has 1 aromatic carbocycles. The van der Waals surface area contributed by atoms with E-state index in [2.05, 4.69) is 5.09 Å². The zero-order chi connectivity index (χ0) is 16.6. The molecule has 1 rings (SSSR count). The van der Waals surface area contributed by atoms with Crippen molar-refractivity contribution in [2.75, 3.05) is 0 Å². The molecule has 0 amide bonds. The van der Waals surface area contributed by atoms with Gasteiger partial charge in [-0.2, -0.15) is 0 Å². The third-order valence-corrected chi connectivity index (χ3v) is 8.49. The van der Waals surface area contributed by atoms with Gasteiger partial charge in [0, 0.05) is 12.2 Å². The number of benzene rings is 1. The van der Waals surface area contributed by atoms with Crippen LogP contribution >= 0.6 is 28.7 Å². The van der Waals surface area contributed by atoms with Crippen LogP contribution in [-0.4, -0.2) is 32.7 Å². The summed E-state index contributed by atoms with van der Waals surface area (Å²) in [6.07, 6.45) is -0.593. The van der Waals surface area contributed by atoms with Crippen LogP contribution in [0.1, 0.15) is 18.4 Å². The molecule has 2 unspecified atom stereocenters. The van der Waals surface area contributed by atoms with Crippen molar-refractivity contribution in [1.82, 2.24) is 5.09 Å². The highest BCUT2D eigenvalue weighted by Gasteiger charge is 2.31. The average Bonchev–Trinajstić information content (AvgIpc) is 2.50. The number of carboxylic acid groups (broad SMARTS) is 2. The normalized spacial score (nSPS) is 15.0. The first-order valence-corrected chi connectivity index (χ1v) is 10.9. The summed E-state index contributed by atoms with van der Waals surface area (Å²) in [4.78, 5) is 21.6. The number of hydrogen-bond acceptors (Lipinski definition) is 6. The van der Waals surface area contributed by atoms with Gasteiger partial charge in [0.1, 0.15) is 6.04 Å². The van der Waals surface area contributed by atoms with Crippen LogP contribution in [0.2, 0.25) is 0 Å². The number of carbonyl (C=O) groups is 2. The molecular weight excluding hydrogens is 349 g/mol. The van der Waals surface area contributed by atoms with Crippen LogP contribution in [0.5, 0.6) is 0 Å². The monoisotopic (exact) mass is 365 g/mol. The third-order valence-electron chi connectivity index (χ3n) is 2.61. The molecule has 2 atom stereocenters. The van der Waals surface area contributed by atoms with Gasteiger partial charge in [-0.1, -0.05) is 41.7 Å². The standard InChI is InChI=1S/C12H16NO6PS2/c14-11(15)7-6-10(12(16)17)13-20(18,22-19)21-8-9-4-2-1-3-5-9/h1-5,10,19H,6-8H2,(H,13,18)(H,14,15)(H,16,17). The van der Waals surface area contributed by atoms with Crippen molar-refractivity contribution >= 4 is 40.7 Å². The Hall–Kier alpha value is -0.990. The van der Waals surface area contributed by atoms with Gasteiger partial charge >= 0.3 is 11.9 Å². The zero-order valence-electron chi connectivity index (χ0n) is 11.4. The lowest BCUT2D eigenvalue weighted by Crippen LogP contribution is -2.34. The van der Waals surface area contributed by atoms with Crippen molar-refractivity contribution in [2.24, 2.45) is 0 Å². The van der Waals surface area contributed by atoms with E-state index < -0.39 is 23.7 Å². The Morgan fingerprint density at radius 3 is 2.36 bits per heavy atom. The van der Waals surface area contributed by atoms with Gasteiger partial charge in [0.15, 0.2) is 0 Å². The molecule has 0 bridgehead atoms. The molecule has 0 saturated carbocycles. The molecule has 4 N–H and O–H groups in total. The summed E-state index contributed by atoms with van der Waals surface area (Å²) in [7, 11) is 0. The number of aliphatic carboxylic acids is 2. The van der Waals surface area contributed by atoms with Crippen molar-refractivity contribution in [3.05, 3.63) is 35.9 Å². The maximum absolute atomic E-state index is 12.5. The van der Waals surface area contributed by atoms with Crippen LogP contribution in [0, 0.1) is 0 Å². The summed E-state index contributed by atoms with van der Waals surface area (Å²) < 4.78 is 21.7. The number of hydrogen-bond donors (Lipinski definition) is 4. The van der Waals surface area contributed by atoms with E-state index in [0.717, 1.165) is 16.9 Å². The van der Waals surface area contributed by atoms with E-state index in [0.29, 0.717) is 5.75 Å². The predicted octanol–water partition coefficient (Wildman–Crippen LogP) is 3.14. The van der Waals surface area contributed by atoms with Crippen molar-refractivity contribution in [3.8, 4) is 0 Å². The van der Waals surface area contributed by atoms with Gasteiger partial charge in [-0.3, -0.25) is 14.2 Å². The Morgan fingerprint density at radius 2 is 1.86 bits per heavy atom. The molecule has 22 heavy (non-hydrogen) atoms. The van der Waals surface area contributed by atoms with Crippen molar-refractivity contribution in [2.45, 2.75) is 24.6 Å². The molecule has 122 valence electrons. The minimum Gasteiger partial charge on any atom is -0.481 e. The fourth-order valence-corrected chi connectivity index (χ4v) is 5.95. The van der Waals surface area contributed by atoms with Gasteiger partial charge in [-0.05, 0) is 12.0 Å². The van der Waals surface area contributed by atoms with E-state index in [4.69, 9.17) is 10.2 Å². The van der Waals surface area contributed by atoms with E-state index in [1.807, 2.05) is 30.3 Å². The van der Waals surface area contributed by atoms with Gasteiger partial charge in [0.2, 0.25) is 0 Å². The van der Waals surface area contributed by atoms with Crippen molar-refractivity contribution < 1.29 is 28.9 Å². The van der Waals surface area contributed by atoms with Crippen molar-refractivity contribution in [1.29, 1.82) is 0 Å². The first-order chi connectivity index (χ1) is 10.4. The lowest BCUT2D eigenvalue weighted by atomic mass is 10.2. The minimum atomic E-state index is -3.47. The Kier molecular flexibility index (Phi) is 7.98. The van der Waals surface area contributed by atoms with Crippen LogP contribution < -0.4 is 5.09 Å². The van der Waals surface area contributed by atoms with E-state index in [9.17, 15) is 18.7 Å². The van der Waals surface area contributed by atoms with Crippen LogP contribution in [0.4, 0.5) is 0 Å². The molecule has 1 aromatic rings. The van der Waals surface area contributed by atoms with Gasteiger partial charge in [-0.15, -0.1) is 0 Å². The average molecular weight is 365 g/mol. The number of rotatable bonds is 10. The van der Waals surface area contributed by atoms with Crippen LogP contribution in [0.3, 0.4) is 0 Å².